The summed E-state index contributed by atoms with van der Waals surface area (Å²) < 4.78 is 0. The normalized spacial score (nSPS) is 7.50. The van der Waals surface area contributed by atoms with Gasteiger partial charge in [-0.3, -0.25) is 0 Å². The van der Waals surface area contributed by atoms with Gasteiger partial charge in [0.15, 0.2) is 0 Å². The molecule has 0 radical (unpaired) electrons. The smallest absolute Gasteiger partial charge is 0.115 e. The molecule has 1 aromatic rings. The number of phenols is 1. The zero-order valence-electron chi connectivity index (χ0n) is 4.54. The number of rotatable bonds is 0. The van der Waals surface area contributed by atoms with Crippen LogP contribution >= 0.6 is 0 Å². The van der Waals surface area contributed by atoms with Crippen LogP contribution in [0.2, 0.25) is 0 Å². The molecule has 0 spiro atoms. The summed E-state index contributed by atoms with van der Waals surface area (Å²) in [6.45, 7) is 0. The first-order valence-corrected chi connectivity index (χ1v) is 2.13. The Hall–Kier alpha value is -0.0449. The molecule has 0 heterocycles. The van der Waals surface area contributed by atoms with E-state index in [1.165, 1.54) is 0 Å². The van der Waals surface area contributed by atoms with Crippen LogP contribution in [0.1, 0.15) is 0 Å². The number of hydrogen-bond donors (Lipinski definition) is 1. The number of para-hydroxylation sites is 1. The molecule has 0 bridgehead atoms. The molecule has 1 N–H and O–H groups in total. The molecule has 1 aromatic carbocycles. The number of phenolic OH excluding ortho intramolecular Hbond substituents is 1. The summed E-state index contributed by atoms with van der Waals surface area (Å²) in [5, 5.41) is 8.63. The third-order valence-corrected chi connectivity index (χ3v) is 0.756. The van der Waals surface area contributed by atoms with Crippen LogP contribution in [-0.2, 0) is 27.7 Å². The molecule has 0 aromatic heterocycles. The van der Waals surface area contributed by atoms with Crippen molar-refractivity contribution in [1.82, 2.24) is 0 Å². The fourth-order valence-electron chi connectivity index (χ4n) is 0.428. The Balaban J connectivity index is 0.000000490. The summed E-state index contributed by atoms with van der Waals surface area (Å²) in [5.74, 6) is 0.322. The average molecular weight is 295 g/mol. The number of aromatic hydroxyl groups is 1. The molecule has 0 unspecified atom stereocenters. The first kappa shape index (κ1) is 7.96. The molecule has 0 fully saturated rings. The zero-order valence-corrected chi connectivity index (χ0v) is 10.0. The molecule has 0 amide bonds. The molecule has 0 aliphatic rings. The van der Waals surface area contributed by atoms with Gasteiger partial charge in [-0.15, -0.1) is 0 Å². The van der Waals surface area contributed by atoms with E-state index in [2.05, 4.69) is 0 Å². The summed E-state index contributed by atoms with van der Waals surface area (Å²) >= 11 is 0. The van der Waals surface area contributed by atoms with Gasteiger partial charge in [0.25, 0.3) is 0 Å². The van der Waals surface area contributed by atoms with Crippen LogP contribution in [-0.4, -0.2) is 5.11 Å². The summed E-state index contributed by atoms with van der Waals surface area (Å²) in [7, 11) is 0. The molecule has 2 heteroatoms. The van der Waals surface area contributed by atoms with Crippen LogP contribution in [0.3, 0.4) is 0 Å². The average Bonchev–Trinajstić information content (AvgIpc) is 1.69. The molecule has 0 saturated carbocycles. The minimum absolute atomic E-state index is 0. The van der Waals surface area contributed by atoms with Gasteiger partial charge in [0, 0.05) is 27.7 Å². The molecule has 1 rings (SSSR count). The van der Waals surface area contributed by atoms with Gasteiger partial charge in [-0.2, -0.15) is 0 Å². The second-order valence-corrected chi connectivity index (χ2v) is 1.34. The van der Waals surface area contributed by atoms with Crippen molar-refractivity contribution in [2.24, 2.45) is 0 Å². The third-order valence-electron chi connectivity index (χ3n) is 0.756. The van der Waals surface area contributed by atoms with Crippen molar-refractivity contribution in [1.29, 1.82) is 0 Å². The van der Waals surface area contributed by atoms with Crippen LogP contribution in [0.5, 0.6) is 5.75 Å². The molecule has 0 atom stereocenters. The summed E-state index contributed by atoms with van der Waals surface area (Å²) in [6, 6.07) is 8.71. The van der Waals surface area contributed by atoms with E-state index < -0.39 is 0 Å². The maximum absolute atomic E-state index is 8.63. The summed E-state index contributed by atoms with van der Waals surface area (Å²) in [5.41, 5.74) is 0. The topological polar surface area (TPSA) is 20.2 Å². The molecule has 38 valence electrons. The monoisotopic (exact) mass is 296 g/mol. The third kappa shape index (κ3) is 2.31. The van der Waals surface area contributed by atoms with Gasteiger partial charge in [0.2, 0.25) is 0 Å². The fourth-order valence-corrected chi connectivity index (χ4v) is 0.428. The Morgan fingerprint density at radius 2 is 1.50 bits per heavy atom. The van der Waals surface area contributed by atoms with E-state index in [-0.39, 0.29) is 27.7 Å². The van der Waals surface area contributed by atoms with Gasteiger partial charge in [-0.25, -0.2) is 0 Å². The van der Waals surface area contributed by atoms with Gasteiger partial charge >= 0.3 is 0 Å². The Morgan fingerprint density at radius 3 is 1.75 bits per heavy atom. The van der Waals surface area contributed by atoms with Gasteiger partial charge in [0.05, 0.1) is 0 Å². The van der Waals surface area contributed by atoms with E-state index in [9.17, 15) is 0 Å². The van der Waals surface area contributed by atoms with Gasteiger partial charge in [-0.1, -0.05) is 18.2 Å². The van der Waals surface area contributed by atoms with Crippen LogP contribution in [0.25, 0.3) is 0 Å². The van der Waals surface area contributed by atoms with E-state index in [1.54, 1.807) is 24.3 Å². The Morgan fingerprint density at radius 1 is 1.00 bits per heavy atom. The van der Waals surface area contributed by atoms with Crippen molar-refractivity contribution in [3.05, 3.63) is 30.3 Å². The van der Waals surface area contributed by atoms with Crippen LogP contribution in [0, 0.1) is 0 Å². The van der Waals surface area contributed by atoms with E-state index in [4.69, 9.17) is 5.11 Å². The number of hydrogen-bond acceptors (Lipinski definition) is 1. The second kappa shape index (κ2) is 3.90. The van der Waals surface area contributed by atoms with E-state index in [1.807, 2.05) is 6.07 Å². The maximum Gasteiger partial charge on any atom is 0.115 e. The zero-order chi connectivity index (χ0) is 5.11. The Kier molecular flexibility index (Phi) is 3.88. The van der Waals surface area contributed by atoms with E-state index >= 15 is 0 Å². The van der Waals surface area contributed by atoms with E-state index in [0.29, 0.717) is 5.75 Å². The second-order valence-electron chi connectivity index (χ2n) is 1.34. The molecule has 0 aliphatic carbocycles. The SMILES string of the molecule is Oc1ccccc1.[Hg]. The first-order valence-electron chi connectivity index (χ1n) is 2.13. The maximum atomic E-state index is 8.63. The Labute approximate surface area is 68.9 Å². The molecule has 1 nitrogen and oxygen atoms in total. The van der Waals surface area contributed by atoms with Crippen molar-refractivity contribution < 1.29 is 32.8 Å². The predicted molar refractivity (Wildman–Crippen MR) is 28.1 cm³/mol. The molecular weight excluding hydrogens is 289 g/mol. The van der Waals surface area contributed by atoms with Crippen molar-refractivity contribution in [3.8, 4) is 5.75 Å². The Bertz CT molecular complexity index is 138. The minimum Gasteiger partial charge on any atom is -0.508 e. The van der Waals surface area contributed by atoms with Crippen molar-refractivity contribution in [2.45, 2.75) is 0 Å². The molecule has 8 heavy (non-hydrogen) atoms. The van der Waals surface area contributed by atoms with E-state index in [0.717, 1.165) is 0 Å². The standard InChI is InChI=1S/C6H6O.Hg/c7-6-4-2-1-3-5-6;/h1-5,7H;. The van der Waals surface area contributed by atoms with Crippen molar-refractivity contribution in [3.63, 3.8) is 0 Å². The summed E-state index contributed by atoms with van der Waals surface area (Å²) in [6.07, 6.45) is 0. The molecule has 0 aliphatic heterocycles. The van der Waals surface area contributed by atoms with Gasteiger partial charge in [-0.05, 0) is 12.1 Å². The van der Waals surface area contributed by atoms with Crippen LogP contribution in [0.15, 0.2) is 30.3 Å². The largest absolute Gasteiger partial charge is 0.508 e. The first-order chi connectivity index (χ1) is 3.39. The minimum atomic E-state index is 0. The van der Waals surface area contributed by atoms with Crippen LogP contribution in [0.4, 0.5) is 0 Å². The molecule has 0 saturated heterocycles. The van der Waals surface area contributed by atoms with Gasteiger partial charge < -0.3 is 5.11 Å². The quantitative estimate of drug-likeness (QED) is 0.717. The van der Waals surface area contributed by atoms with Gasteiger partial charge in [0.1, 0.15) is 5.75 Å². The molecular formula is C6H6HgO. The fraction of sp³-hybridized carbons (Fsp3) is 0. The van der Waals surface area contributed by atoms with Crippen molar-refractivity contribution >= 4 is 0 Å². The van der Waals surface area contributed by atoms with Crippen molar-refractivity contribution in [2.75, 3.05) is 0 Å². The summed E-state index contributed by atoms with van der Waals surface area (Å²) in [4.78, 5) is 0. The van der Waals surface area contributed by atoms with Crippen LogP contribution < -0.4 is 0 Å². The predicted octanol–water partition coefficient (Wildman–Crippen LogP) is 1.39. The number of benzene rings is 1.